The molecule has 0 fully saturated rings. The predicted octanol–water partition coefficient (Wildman–Crippen LogP) is 2.93. The fourth-order valence-corrected chi connectivity index (χ4v) is 2.60. The summed E-state index contributed by atoms with van der Waals surface area (Å²) in [6.07, 6.45) is 5.47. The van der Waals surface area contributed by atoms with Crippen molar-refractivity contribution in [3.8, 4) is 0 Å². The first-order valence-corrected chi connectivity index (χ1v) is 8.22. The molecule has 0 spiro atoms. The first kappa shape index (κ1) is 16.5. The number of aromatic nitrogens is 1. The van der Waals surface area contributed by atoms with E-state index >= 15 is 0 Å². The van der Waals surface area contributed by atoms with E-state index in [-0.39, 0.29) is 6.10 Å². The number of aliphatic hydroxyl groups excluding tert-OH is 1. The van der Waals surface area contributed by atoms with Gasteiger partial charge in [-0.15, -0.1) is 0 Å². The zero-order valence-electron chi connectivity index (χ0n) is 11.8. The number of aliphatic hydroxyl groups is 1. The number of aryl methyl sites for hydroxylation is 1. The van der Waals surface area contributed by atoms with Gasteiger partial charge in [-0.3, -0.25) is 4.98 Å². The van der Waals surface area contributed by atoms with Crippen molar-refractivity contribution in [3.63, 3.8) is 0 Å². The zero-order chi connectivity index (χ0) is 13.8. The van der Waals surface area contributed by atoms with Gasteiger partial charge in [0, 0.05) is 18.5 Å². The number of hydrogen-bond donors (Lipinski definition) is 1. The Balaban J connectivity index is 1.86. The lowest BCUT2D eigenvalue weighted by Gasteiger charge is -2.09. The molecule has 0 saturated carbocycles. The Morgan fingerprint density at radius 3 is 3.00 bits per heavy atom. The van der Waals surface area contributed by atoms with Gasteiger partial charge in [0.25, 0.3) is 0 Å². The van der Waals surface area contributed by atoms with E-state index in [2.05, 4.69) is 18.0 Å². The summed E-state index contributed by atoms with van der Waals surface area (Å²) in [5.41, 5.74) is 1.16. The molecule has 108 valence electrons. The van der Waals surface area contributed by atoms with Gasteiger partial charge in [-0.05, 0) is 42.9 Å². The molecule has 0 aliphatic heterocycles. The minimum atomic E-state index is -0.290. The highest BCUT2D eigenvalue weighted by molar-refractivity contribution is 7.99. The van der Waals surface area contributed by atoms with Crippen molar-refractivity contribution in [2.24, 2.45) is 0 Å². The summed E-state index contributed by atoms with van der Waals surface area (Å²) >= 11 is 1.93. The molecule has 0 aromatic carbocycles. The van der Waals surface area contributed by atoms with Crippen LogP contribution in [0.25, 0.3) is 0 Å². The van der Waals surface area contributed by atoms with E-state index in [0.717, 1.165) is 49.5 Å². The Morgan fingerprint density at radius 2 is 2.26 bits per heavy atom. The van der Waals surface area contributed by atoms with Gasteiger partial charge in [0.05, 0.1) is 12.7 Å². The van der Waals surface area contributed by atoms with Crippen LogP contribution in [0.1, 0.15) is 31.9 Å². The Hall–Kier alpha value is -0.580. The minimum absolute atomic E-state index is 0.290. The summed E-state index contributed by atoms with van der Waals surface area (Å²) in [7, 11) is 0. The summed E-state index contributed by atoms with van der Waals surface area (Å²) in [5, 5.41) is 9.48. The quantitative estimate of drug-likeness (QED) is 0.634. The molecule has 1 atom stereocenters. The highest BCUT2D eigenvalue weighted by Gasteiger charge is 2.01. The third-order valence-electron chi connectivity index (χ3n) is 2.74. The molecule has 4 heteroatoms. The van der Waals surface area contributed by atoms with Crippen LogP contribution in [0.15, 0.2) is 24.4 Å². The average Bonchev–Trinajstić information content (AvgIpc) is 2.43. The van der Waals surface area contributed by atoms with E-state index in [1.165, 1.54) is 0 Å². The van der Waals surface area contributed by atoms with Crippen LogP contribution in [-0.4, -0.2) is 40.9 Å². The lowest BCUT2D eigenvalue weighted by atomic mass is 10.2. The fourth-order valence-electron chi connectivity index (χ4n) is 1.72. The lowest BCUT2D eigenvalue weighted by Crippen LogP contribution is -2.15. The molecular weight excluding hydrogens is 258 g/mol. The lowest BCUT2D eigenvalue weighted by molar-refractivity contribution is 0.0328. The number of thioether (sulfide) groups is 1. The summed E-state index contributed by atoms with van der Waals surface area (Å²) < 4.78 is 5.44. The Labute approximate surface area is 120 Å². The van der Waals surface area contributed by atoms with Crippen molar-refractivity contribution in [3.05, 3.63) is 30.1 Å². The number of ether oxygens (including phenoxy) is 1. The van der Waals surface area contributed by atoms with Crippen LogP contribution in [0.3, 0.4) is 0 Å². The van der Waals surface area contributed by atoms with Gasteiger partial charge in [-0.25, -0.2) is 0 Å². The number of rotatable bonds is 11. The Bertz CT molecular complexity index is 308. The van der Waals surface area contributed by atoms with Crippen molar-refractivity contribution in [2.75, 3.05) is 24.7 Å². The SMILES string of the molecule is CCCC(O)COCCCSCCc1ccccn1. The molecule has 1 unspecified atom stereocenters. The van der Waals surface area contributed by atoms with Gasteiger partial charge in [-0.2, -0.15) is 11.8 Å². The third-order valence-corrected chi connectivity index (χ3v) is 3.81. The van der Waals surface area contributed by atoms with Gasteiger partial charge in [-0.1, -0.05) is 19.4 Å². The molecule has 0 saturated heterocycles. The van der Waals surface area contributed by atoms with Gasteiger partial charge in [0.2, 0.25) is 0 Å². The number of hydrogen-bond acceptors (Lipinski definition) is 4. The summed E-state index contributed by atoms with van der Waals surface area (Å²) in [5.74, 6) is 2.21. The van der Waals surface area contributed by atoms with E-state index in [1.54, 1.807) is 0 Å². The molecule has 0 radical (unpaired) electrons. The molecule has 0 bridgehead atoms. The smallest absolute Gasteiger partial charge is 0.0773 e. The third kappa shape index (κ3) is 9.03. The maximum atomic E-state index is 9.48. The van der Waals surface area contributed by atoms with E-state index in [0.29, 0.717) is 6.61 Å². The molecule has 3 nitrogen and oxygen atoms in total. The van der Waals surface area contributed by atoms with Crippen LogP contribution in [0.2, 0.25) is 0 Å². The van der Waals surface area contributed by atoms with Crippen molar-refractivity contribution >= 4 is 11.8 Å². The Kier molecular flexibility index (Phi) is 9.77. The van der Waals surface area contributed by atoms with Crippen molar-refractivity contribution in [2.45, 2.75) is 38.7 Å². The van der Waals surface area contributed by atoms with Crippen molar-refractivity contribution in [1.29, 1.82) is 0 Å². The maximum absolute atomic E-state index is 9.48. The van der Waals surface area contributed by atoms with Crippen molar-refractivity contribution < 1.29 is 9.84 Å². The van der Waals surface area contributed by atoms with Crippen LogP contribution in [-0.2, 0) is 11.2 Å². The van der Waals surface area contributed by atoms with Gasteiger partial charge in [0.1, 0.15) is 0 Å². The molecule has 0 amide bonds. The summed E-state index contributed by atoms with van der Waals surface area (Å²) in [4.78, 5) is 4.30. The molecular formula is C15H25NO2S. The second-order valence-corrected chi connectivity index (χ2v) is 5.78. The predicted molar refractivity (Wildman–Crippen MR) is 81.6 cm³/mol. The molecule has 1 N–H and O–H groups in total. The van der Waals surface area contributed by atoms with Crippen LogP contribution in [0, 0.1) is 0 Å². The first-order chi connectivity index (χ1) is 9.33. The molecule has 0 aliphatic carbocycles. The largest absolute Gasteiger partial charge is 0.391 e. The van der Waals surface area contributed by atoms with Crippen LogP contribution >= 0.6 is 11.8 Å². The summed E-state index contributed by atoms with van der Waals surface area (Å²) in [6.45, 7) is 3.30. The van der Waals surface area contributed by atoms with E-state index in [1.807, 2.05) is 30.1 Å². The van der Waals surface area contributed by atoms with Gasteiger partial charge in [0.15, 0.2) is 0 Å². The molecule has 1 rings (SSSR count). The zero-order valence-corrected chi connectivity index (χ0v) is 12.6. The Morgan fingerprint density at radius 1 is 1.37 bits per heavy atom. The highest BCUT2D eigenvalue weighted by Crippen LogP contribution is 2.06. The number of pyridine rings is 1. The molecule has 1 heterocycles. The maximum Gasteiger partial charge on any atom is 0.0773 e. The van der Waals surface area contributed by atoms with Crippen LogP contribution in [0.5, 0.6) is 0 Å². The monoisotopic (exact) mass is 283 g/mol. The van der Waals surface area contributed by atoms with Crippen LogP contribution in [0.4, 0.5) is 0 Å². The number of nitrogens with zero attached hydrogens (tertiary/aromatic N) is 1. The average molecular weight is 283 g/mol. The standard InChI is InChI=1S/C15H25NO2S/c1-2-6-15(17)13-18-10-5-11-19-12-8-14-7-3-4-9-16-14/h3-4,7,9,15,17H,2,5-6,8,10-13H2,1H3. The van der Waals surface area contributed by atoms with E-state index in [9.17, 15) is 5.11 Å². The van der Waals surface area contributed by atoms with Gasteiger partial charge >= 0.3 is 0 Å². The molecule has 0 aliphatic rings. The topological polar surface area (TPSA) is 42.4 Å². The van der Waals surface area contributed by atoms with E-state index in [4.69, 9.17) is 4.74 Å². The van der Waals surface area contributed by atoms with Crippen molar-refractivity contribution in [1.82, 2.24) is 4.98 Å². The minimum Gasteiger partial charge on any atom is -0.391 e. The van der Waals surface area contributed by atoms with Gasteiger partial charge < -0.3 is 9.84 Å². The van der Waals surface area contributed by atoms with Crippen LogP contribution < -0.4 is 0 Å². The normalized spacial score (nSPS) is 12.5. The fraction of sp³-hybridized carbons (Fsp3) is 0.667. The summed E-state index contributed by atoms with van der Waals surface area (Å²) in [6, 6.07) is 6.04. The molecule has 1 aromatic heterocycles. The highest BCUT2D eigenvalue weighted by atomic mass is 32.2. The first-order valence-electron chi connectivity index (χ1n) is 7.06. The second kappa shape index (κ2) is 11.3. The molecule has 19 heavy (non-hydrogen) atoms. The second-order valence-electron chi connectivity index (χ2n) is 4.55. The van der Waals surface area contributed by atoms with E-state index < -0.39 is 0 Å². The molecule has 1 aromatic rings.